The van der Waals surface area contributed by atoms with Crippen molar-refractivity contribution in [1.29, 1.82) is 0 Å². The molecular formula is C25H31F3O. The van der Waals surface area contributed by atoms with Crippen molar-refractivity contribution >= 4 is 10.8 Å². The fraction of sp³-hybridized carbons (Fsp3) is 0.600. The van der Waals surface area contributed by atoms with E-state index < -0.39 is 17.5 Å². The minimum Gasteiger partial charge on any atom is -0.494 e. The topological polar surface area (TPSA) is 9.23 Å². The molecule has 0 N–H and O–H groups in total. The second-order valence-electron chi connectivity index (χ2n) is 9.13. The molecule has 0 spiro atoms. The normalized spacial score (nSPS) is 27.1. The quantitative estimate of drug-likeness (QED) is 0.495. The number of hydrogen-bond donors (Lipinski definition) is 0. The molecule has 0 bridgehead atoms. The first-order chi connectivity index (χ1) is 14.0. The maximum Gasteiger partial charge on any atom is 0.201 e. The molecule has 0 aromatic heterocycles. The van der Waals surface area contributed by atoms with Crippen LogP contribution in [0.1, 0.15) is 76.2 Å². The highest BCUT2D eigenvalue weighted by atomic mass is 19.2. The van der Waals surface area contributed by atoms with Crippen LogP contribution in [-0.4, -0.2) is 7.11 Å². The summed E-state index contributed by atoms with van der Waals surface area (Å²) in [5.41, 5.74) is 0.549. The van der Waals surface area contributed by atoms with Crippen LogP contribution in [0.25, 0.3) is 10.8 Å². The number of halogens is 3. The number of unbranched alkanes of at least 4 members (excludes halogenated alkanes) is 1. The monoisotopic (exact) mass is 404 g/mol. The highest BCUT2D eigenvalue weighted by molar-refractivity contribution is 5.86. The van der Waals surface area contributed by atoms with E-state index in [2.05, 4.69) is 6.92 Å². The predicted molar refractivity (Wildman–Crippen MR) is 111 cm³/mol. The minimum absolute atomic E-state index is 0.0948. The zero-order valence-electron chi connectivity index (χ0n) is 17.4. The Morgan fingerprint density at radius 3 is 2.45 bits per heavy atom. The predicted octanol–water partition coefficient (Wildman–Crippen LogP) is 7.76. The molecule has 4 atom stereocenters. The molecule has 29 heavy (non-hydrogen) atoms. The van der Waals surface area contributed by atoms with Gasteiger partial charge in [-0.15, -0.1) is 0 Å². The number of benzene rings is 2. The van der Waals surface area contributed by atoms with E-state index in [9.17, 15) is 8.78 Å². The number of ether oxygens (including phenoxy) is 1. The Balaban J connectivity index is 1.56. The van der Waals surface area contributed by atoms with Gasteiger partial charge in [0, 0.05) is 0 Å². The van der Waals surface area contributed by atoms with Crippen LogP contribution in [-0.2, 0) is 0 Å². The Kier molecular flexibility index (Phi) is 6.08. The van der Waals surface area contributed by atoms with Gasteiger partial charge in [0.2, 0.25) is 5.82 Å². The molecule has 4 rings (SSSR count). The lowest BCUT2D eigenvalue weighted by atomic mass is 9.63. The molecule has 0 aliphatic heterocycles. The lowest BCUT2D eigenvalue weighted by molar-refractivity contribution is 0.113. The summed E-state index contributed by atoms with van der Waals surface area (Å²) in [6, 6.07) is 4.84. The second kappa shape index (κ2) is 8.57. The van der Waals surface area contributed by atoms with E-state index in [1.807, 2.05) is 0 Å². The summed E-state index contributed by atoms with van der Waals surface area (Å²) in [5, 5.41) is 0.0957. The van der Waals surface area contributed by atoms with Crippen LogP contribution in [0.2, 0.25) is 0 Å². The fourth-order valence-corrected chi connectivity index (χ4v) is 5.86. The van der Waals surface area contributed by atoms with Crippen molar-refractivity contribution in [2.75, 3.05) is 7.11 Å². The van der Waals surface area contributed by atoms with Gasteiger partial charge in [-0.05, 0) is 72.8 Å². The molecular weight excluding hydrogens is 373 g/mol. The maximum atomic E-state index is 15.3. The van der Waals surface area contributed by atoms with Gasteiger partial charge in [-0.2, -0.15) is 4.39 Å². The number of rotatable bonds is 5. The number of hydrogen-bond acceptors (Lipinski definition) is 1. The average Bonchev–Trinajstić information content (AvgIpc) is 2.74. The van der Waals surface area contributed by atoms with E-state index in [4.69, 9.17) is 4.74 Å². The van der Waals surface area contributed by atoms with E-state index in [1.54, 1.807) is 12.1 Å². The van der Waals surface area contributed by atoms with Gasteiger partial charge in [0.25, 0.3) is 0 Å². The summed E-state index contributed by atoms with van der Waals surface area (Å²) in [6.07, 6.45) is 10.8. The van der Waals surface area contributed by atoms with Crippen molar-refractivity contribution in [3.05, 3.63) is 41.2 Å². The Labute approximate surface area is 171 Å². The molecule has 1 nitrogen and oxygen atoms in total. The molecule has 2 aliphatic rings. The molecule has 2 fully saturated rings. The molecule has 0 saturated heterocycles. The average molecular weight is 405 g/mol. The van der Waals surface area contributed by atoms with Crippen molar-refractivity contribution < 1.29 is 17.9 Å². The lowest BCUT2D eigenvalue weighted by Crippen LogP contribution is -2.30. The second-order valence-corrected chi connectivity index (χ2v) is 9.13. The van der Waals surface area contributed by atoms with Crippen LogP contribution in [0.15, 0.2) is 18.2 Å². The Hall–Kier alpha value is -1.71. The fourth-order valence-electron chi connectivity index (χ4n) is 5.86. The summed E-state index contributed by atoms with van der Waals surface area (Å²) in [6.45, 7) is 2.25. The standard InChI is InChI=1S/C25H31F3O/c1-3-4-5-15-6-7-17-13-18(9-8-16(17)12-15)20-11-10-19-14-21(29-2)24(27)25(28)22(19)23(20)26/h10-11,14-18H,3-9,12-13H2,1-2H3. The maximum absolute atomic E-state index is 15.3. The first-order valence-electron chi connectivity index (χ1n) is 11.2. The van der Waals surface area contributed by atoms with Crippen LogP contribution < -0.4 is 4.74 Å². The molecule has 158 valence electrons. The lowest BCUT2D eigenvalue weighted by Gasteiger charge is -2.42. The summed E-state index contributed by atoms with van der Waals surface area (Å²) < 4.78 is 48.9. The highest BCUT2D eigenvalue weighted by Crippen LogP contribution is 2.49. The molecule has 2 saturated carbocycles. The van der Waals surface area contributed by atoms with E-state index in [1.165, 1.54) is 51.7 Å². The Morgan fingerprint density at radius 2 is 1.69 bits per heavy atom. The van der Waals surface area contributed by atoms with Gasteiger partial charge < -0.3 is 4.74 Å². The highest BCUT2D eigenvalue weighted by Gasteiger charge is 2.36. The van der Waals surface area contributed by atoms with Gasteiger partial charge in [0.1, 0.15) is 5.82 Å². The van der Waals surface area contributed by atoms with Gasteiger partial charge >= 0.3 is 0 Å². The van der Waals surface area contributed by atoms with Gasteiger partial charge in [0.05, 0.1) is 12.5 Å². The van der Waals surface area contributed by atoms with Gasteiger partial charge in [-0.1, -0.05) is 44.7 Å². The van der Waals surface area contributed by atoms with Crippen LogP contribution in [0, 0.1) is 35.2 Å². The van der Waals surface area contributed by atoms with E-state index >= 15 is 4.39 Å². The van der Waals surface area contributed by atoms with Crippen LogP contribution in [0.3, 0.4) is 0 Å². The van der Waals surface area contributed by atoms with Crippen molar-refractivity contribution in [1.82, 2.24) is 0 Å². The third-order valence-corrected chi connectivity index (χ3v) is 7.47. The van der Waals surface area contributed by atoms with Gasteiger partial charge in [0.15, 0.2) is 11.6 Å². The first kappa shape index (κ1) is 20.6. The van der Waals surface area contributed by atoms with E-state index in [0.717, 1.165) is 31.1 Å². The van der Waals surface area contributed by atoms with Crippen LogP contribution in [0.5, 0.6) is 5.75 Å². The SMILES string of the molecule is CCCCC1CCC2CC(c3ccc4cc(OC)c(F)c(F)c4c3F)CCC2C1. The smallest absolute Gasteiger partial charge is 0.201 e. The van der Waals surface area contributed by atoms with Gasteiger partial charge in [-0.3, -0.25) is 0 Å². The molecule has 0 radical (unpaired) electrons. The summed E-state index contributed by atoms with van der Waals surface area (Å²) in [4.78, 5) is 0. The minimum atomic E-state index is -1.15. The van der Waals surface area contributed by atoms with Crippen molar-refractivity contribution in [3.63, 3.8) is 0 Å². The molecule has 2 aliphatic carbocycles. The summed E-state index contributed by atoms with van der Waals surface area (Å²) >= 11 is 0. The van der Waals surface area contributed by atoms with Crippen molar-refractivity contribution in [3.8, 4) is 5.75 Å². The van der Waals surface area contributed by atoms with E-state index in [0.29, 0.717) is 16.9 Å². The summed E-state index contributed by atoms with van der Waals surface area (Å²) in [5.74, 6) is -0.712. The number of methoxy groups -OCH3 is 1. The van der Waals surface area contributed by atoms with Crippen LogP contribution in [0.4, 0.5) is 13.2 Å². The van der Waals surface area contributed by atoms with Crippen molar-refractivity contribution in [2.45, 2.75) is 70.6 Å². The Bertz CT molecular complexity index is 878. The van der Waals surface area contributed by atoms with Crippen molar-refractivity contribution in [2.24, 2.45) is 17.8 Å². The van der Waals surface area contributed by atoms with Crippen LogP contribution >= 0.6 is 0 Å². The zero-order valence-corrected chi connectivity index (χ0v) is 17.4. The van der Waals surface area contributed by atoms with Gasteiger partial charge in [-0.25, -0.2) is 8.78 Å². The zero-order chi connectivity index (χ0) is 20.5. The molecule has 2 aromatic carbocycles. The van der Waals surface area contributed by atoms with E-state index in [-0.39, 0.29) is 17.1 Å². The summed E-state index contributed by atoms with van der Waals surface area (Å²) in [7, 11) is 1.28. The molecule has 4 unspecified atom stereocenters. The number of fused-ring (bicyclic) bond motifs is 2. The largest absolute Gasteiger partial charge is 0.494 e. The molecule has 0 amide bonds. The third-order valence-electron chi connectivity index (χ3n) is 7.47. The molecule has 2 aromatic rings. The first-order valence-corrected chi connectivity index (χ1v) is 11.2. The third kappa shape index (κ3) is 3.87. The molecule has 4 heteroatoms. The Morgan fingerprint density at radius 1 is 0.931 bits per heavy atom. The molecule has 0 heterocycles.